The van der Waals surface area contributed by atoms with Crippen molar-refractivity contribution >= 4 is 0 Å². The van der Waals surface area contributed by atoms with E-state index in [2.05, 4.69) is 97.1 Å². The van der Waals surface area contributed by atoms with Crippen LogP contribution < -0.4 is 4.74 Å². The van der Waals surface area contributed by atoms with Crippen molar-refractivity contribution in [1.82, 2.24) is 9.97 Å². The molecule has 0 amide bonds. The summed E-state index contributed by atoms with van der Waals surface area (Å²) in [7, 11) is 0. The van der Waals surface area contributed by atoms with E-state index in [4.69, 9.17) is 14.7 Å². The lowest BCUT2D eigenvalue weighted by molar-refractivity contribution is 0.436. The maximum absolute atomic E-state index is 9.38. The highest BCUT2D eigenvalue weighted by molar-refractivity contribution is 5.80. The molecule has 0 bridgehead atoms. The van der Waals surface area contributed by atoms with Crippen LogP contribution in [0.5, 0.6) is 11.5 Å². The molecule has 4 heteroatoms. The zero-order chi connectivity index (χ0) is 30.9. The number of rotatable bonds is 5. The Hall–Kier alpha value is -6.31. The fourth-order valence-corrected chi connectivity index (χ4v) is 6.59. The third kappa shape index (κ3) is 4.46. The van der Waals surface area contributed by atoms with Crippen LogP contribution in [0, 0.1) is 11.3 Å². The average molecular weight is 590 g/mol. The molecular formula is C42H27N3O. The predicted molar refractivity (Wildman–Crippen MR) is 181 cm³/mol. The van der Waals surface area contributed by atoms with Gasteiger partial charge < -0.3 is 4.74 Å². The Morgan fingerprint density at radius 2 is 1.11 bits per heavy atom. The predicted octanol–water partition coefficient (Wildman–Crippen LogP) is 9.84. The second-order valence-corrected chi connectivity index (χ2v) is 11.3. The summed E-state index contributed by atoms with van der Waals surface area (Å²) >= 11 is 0. The molecule has 1 aromatic heterocycles. The molecule has 0 aliphatic carbocycles. The van der Waals surface area contributed by atoms with E-state index in [9.17, 15) is 5.26 Å². The van der Waals surface area contributed by atoms with Crippen molar-refractivity contribution in [2.75, 3.05) is 0 Å². The van der Waals surface area contributed by atoms with E-state index in [1.807, 2.05) is 72.8 Å². The Labute approximate surface area is 267 Å². The smallest absolute Gasteiger partial charge is 0.160 e. The van der Waals surface area contributed by atoms with Crippen LogP contribution in [0.3, 0.4) is 0 Å². The number of fused-ring (bicyclic) bond motifs is 2. The Kier molecular flexibility index (Phi) is 6.70. The van der Waals surface area contributed by atoms with Crippen LogP contribution in [0.2, 0.25) is 0 Å². The molecule has 0 atom stereocenters. The van der Waals surface area contributed by atoms with Gasteiger partial charge in [-0.3, -0.25) is 0 Å². The SMILES string of the molecule is N#Cc1ccc(-c2cc(-c3cccc4c3Oc3ccccc3C4(c3ccccc3)c3ccccc3)nc(-c3ccccc3)n2)cc1. The van der Waals surface area contributed by atoms with Crippen molar-refractivity contribution in [3.8, 4) is 51.5 Å². The van der Waals surface area contributed by atoms with Gasteiger partial charge in [-0.25, -0.2) is 9.97 Å². The van der Waals surface area contributed by atoms with E-state index in [1.54, 1.807) is 0 Å². The van der Waals surface area contributed by atoms with E-state index >= 15 is 0 Å². The van der Waals surface area contributed by atoms with Crippen LogP contribution in [-0.4, -0.2) is 9.97 Å². The minimum atomic E-state index is -0.631. The summed E-state index contributed by atoms with van der Waals surface area (Å²) in [5, 5.41) is 9.38. The number of nitriles is 1. The molecule has 46 heavy (non-hydrogen) atoms. The van der Waals surface area contributed by atoms with Gasteiger partial charge in [0.05, 0.1) is 28.4 Å². The largest absolute Gasteiger partial charge is 0.456 e. The van der Waals surface area contributed by atoms with Crippen molar-refractivity contribution in [3.63, 3.8) is 0 Å². The highest BCUT2D eigenvalue weighted by atomic mass is 16.5. The number of aromatic nitrogens is 2. The summed E-state index contributed by atoms with van der Waals surface area (Å²) in [5.41, 5.74) is 8.61. The van der Waals surface area contributed by atoms with Gasteiger partial charge in [0, 0.05) is 27.8 Å². The first-order valence-corrected chi connectivity index (χ1v) is 15.2. The molecule has 0 unspecified atom stereocenters. The summed E-state index contributed by atoms with van der Waals surface area (Å²) in [6.45, 7) is 0. The number of para-hydroxylation sites is 2. The first kappa shape index (κ1) is 27.3. The summed E-state index contributed by atoms with van der Waals surface area (Å²) in [4.78, 5) is 10.1. The third-order valence-corrected chi connectivity index (χ3v) is 8.68. The van der Waals surface area contributed by atoms with E-state index in [0.29, 0.717) is 11.4 Å². The molecule has 7 aromatic rings. The highest BCUT2D eigenvalue weighted by Gasteiger charge is 2.46. The molecule has 4 nitrogen and oxygen atoms in total. The number of hydrogen-bond acceptors (Lipinski definition) is 4. The quantitative estimate of drug-likeness (QED) is 0.200. The monoisotopic (exact) mass is 589 g/mol. The molecule has 1 aliphatic rings. The molecular weight excluding hydrogens is 562 g/mol. The lowest BCUT2D eigenvalue weighted by Gasteiger charge is -2.42. The maximum Gasteiger partial charge on any atom is 0.160 e. The molecule has 6 aromatic carbocycles. The van der Waals surface area contributed by atoms with E-state index in [1.165, 1.54) is 0 Å². The van der Waals surface area contributed by atoms with Crippen LogP contribution in [0.25, 0.3) is 33.9 Å². The zero-order valence-corrected chi connectivity index (χ0v) is 24.8. The van der Waals surface area contributed by atoms with Gasteiger partial charge in [-0.1, -0.05) is 133 Å². The number of benzene rings is 6. The third-order valence-electron chi connectivity index (χ3n) is 8.68. The van der Waals surface area contributed by atoms with E-state index in [-0.39, 0.29) is 0 Å². The Morgan fingerprint density at radius 1 is 0.522 bits per heavy atom. The maximum atomic E-state index is 9.38. The van der Waals surface area contributed by atoms with Gasteiger partial charge in [-0.15, -0.1) is 0 Å². The molecule has 0 spiro atoms. The lowest BCUT2D eigenvalue weighted by atomic mass is 9.63. The lowest BCUT2D eigenvalue weighted by Crippen LogP contribution is -2.34. The second kappa shape index (κ2) is 11.3. The summed E-state index contributed by atoms with van der Waals surface area (Å²) in [6.07, 6.45) is 0. The van der Waals surface area contributed by atoms with Gasteiger partial charge in [0.25, 0.3) is 0 Å². The summed E-state index contributed by atoms with van der Waals surface area (Å²) in [5.74, 6) is 2.18. The zero-order valence-electron chi connectivity index (χ0n) is 24.8. The van der Waals surface area contributed by atoms with Gasteiger partial charge in [0.1, 0.15) is 11.5 Å². The number of ether oxygens (including phenoxy) is 1. The van der Waals surface area contributed by atoms with Crippen LogP contribution >= 0.6 is 0 Å². The normalized spacial score (nSPS) is 12.7. The minimum absolute atomic E-state index is 0.601. The first-order chi connectivity index (χ1) is 22.8. The molecule has 0 N–H and O–H groups in total. The highest BCUT2D eigenvalue weighted by Crippen LogP contribution is 2.57. The molecule has 0 saturated carbocycles. The van der Waals surface area contributed by atoms with Crippen molar-refractivity contribution < 1.29 is 4.74 Å². The van der Waals surface area contributed by atoms with Gasteiger partial charge in [0.2, 0.25) is 0 Å². The Balaban J connectivity index is 1.42. The van der Waals surface area contributed by atoms with Crippen LogP contribution in [0.1, 0.15) is 27.8 Å². The molecule has 8 rings (SSSR count). The Morgan fingerprint density at radius 3 is 1.78 bits per heavy atom. The molecule has 0 saturated heterocycles. The second-order valence-electron chi connectivity index (χ2n) is 11.3. The average Bonchev–Trinajstić information content (AvgIpc) is 3.14. The summed E-state index contributed by atoms with van der Waals surface area (Å²) < 4.78 is 6.89. The molecule has 216 valence electrons. The van der Waals surface area contributed by atoms with Gasteiger partial charge in [0.15, 0.2) is 5.82 Å². The van der Waals surface area contributed by atoms with Gasteiger partial charge in [-0.2, -0.15) is 5.26 Å². The number of hydrogen-bond donors (Lipinski definition) is 0. The van der Waals surface area contributed by atoms with Crippen molar-refractivity contribution in [2.45, 2.75) is 5.41 Å². The van der Waals surface area contributed by atoms with E-state index in [0.717, 1.165) is 61.8 Å². The van der Waals surface area contributed by atoms with Crippen molar-refractivity contribution in [3.05, 3.63) is 192 Å². The topological polar surface area (TPSA) is 58.8 Å². The van der Waals surface area contributed by atoms with Gasteiger partial charge >= 0.3 is 0 Å². The van der Waals surface area contributed by atoms with Crippen molar-refractivity contribution in [1.29, 1.82) is 5.26 Å². The molecule has 0 radical (unpaired) electrons. The minimum Gasteiger partial charge on any atom is -0.456 e. The molecule has 1 aliphatic heterocycles. The standard InChI is InChI=1S/C42H27N3O/c43-28-29-23-25-30(26-24-29)37-27-38(45-41(44-37)31-13-4-1-5-14-31)34-19-12-21-36-40(34)46-39-22-11-10-20-35(39)42(36,32-15-6-2-7-16-32)33-17-8-3-9-18-33/h1-27H. The fourth-order valence-electron chi connectivity index (χ4n) is 6.59. The molecule has 2 heterocycles. The van der Waals surface area contributed by atoms with Crippen molar-refractivity contribution in [2.24, 2.45) is 0 Å². The number of nitrogens with zero attached hydrogens (tertiary/aromatic N) is 3. The van der Waals surface area contributed by atoms with Crippen LogP contribution in [-0.2, 0) is 5.41 Å². The first-order valence-electron chi connectivity index (χ1n) is 15.2. The van der Waals surface area contributed by atoms with E-state index < -0.39 is 5.41 Å². The molecule has 0 fully saturated rings. The summed E-state index contributed by atoms with van der Waals surface area (Å²) in [6, 6.07) is 57.7. The van der Waals surface area contributed by atoms with Crippen LogP contribution in [0.4, 0.5) is 0 Å². The van der Waals surface area contributed by atoms with Crippen LogP contribution in [0.15, 0.2) is 164 Å². The fraction of sp³-hybridized carbons (Fsp3) is 0.0238. The Bertz CT molecular complexity index is 2180. The van der Waals surface area contributed by atoms with Gasteiger partial charge in [-0.05, 0) is 41.5 Å².